The van der Waals surface area contributed by atoms with Gasteiger partial charge in [-0.2, -0.15) is 0 Å². The summed E-state index contributed by atoms with van der Waals surface area (Å²) in [4.78, 5) is 11.9. The van der Waals surface area contributed by atoms with Crippen LogP contribution in [0, 0.1) is 5.92 Å². The van der Waals surface area contributed by atoms with E-state index in [4.69, 9.17) is 18.3 Å². The van der Waals surface area contributed by atoms with E-state index in [2.05, 4.69) is 6.92 Å². The lowest BCUT2D eigenvalue weighted by Gasteiger charge is -2.17. The molecular formula is C23H41O6P. The van der Waals surface area contributed by atoms with Crippen LogP contribution in [0.25, 0.3) is 0 Å². The number of rotatable bonds is 16. The van der Waals surface area contributed by atoms with Gasteiger partial charge in [-0.3, -0.25) is 9.05 Å². The molecule has 0 aromatic rings. The van der Waals surface area contributed by atoms with Crippen LogP contribution in [0.2, 0.25) is 0 Å². The second-order valence-corrected chi connectivity index (χ2v) is 9.99. The van der Waals surface area contributed by atoms with Crippen molar-refractivity contribution in [1.29, 1.82) is 0 Å². The van der Waals surface area contributed by atoms with Gasteiger partial charge in [0.2, 0.25) is 0 Å². The number of phosphoric ester groups is 1. The summed E-state index contributed by atoms with van der Waals surface area (Å²) >= 11 is 0. The van der Waals surface area contributed by atoms with E-state index >= 15 is 0 Å². The molecule has 0 radical (unpaired) electrons. The molecule has 0 amide bonds. The zero-order chi connectivity index (χ0) is 21.7. The summed E-state index contributed by atoms with van der Waals surface area (Å²) in [6.07, 6.45) is 17.0. The first-order valence-electron chi connectivity index (χ1n) is 12.1. The lowest BCUT2D eigenvalue weighted by molar-refractivity contribution is -0.135. The summed E-state index contributed by atoms with van der Waals surface area (Å²) < 4.78 is 34.4. The number of fused-ring (bicyclic) bond motifs is 1. The van der Waals surface area contributed by atoms with Gasteiger partial charge < -0.3 is 9.26 Å². The van der Waals surface area contributed by atoms with Crippen LogP contribution in [-0.4, -0.2) is 25.8 Å². The molecule has 2 heterocycles. The van der Waals surface area contributed by atoms with Crippen LogP contribution in [0.4, 0.5) is 0 Å². The van der Waals surface area contributed by atoms with Gasteiger partial charge in [0, 0.05) is 6.42 Å². The number of hydrogen-bond acceptors (Lipinski definition) is 6. The molecule has 0 N–H and O–H groups in total. The third-order valence-electron chi connectivity index (χ3n) is 5.82. The van der Waals surface area contributed by atoms with Crippen LogP contribution in [0.5, 0.6) is 0 Å². The quantitative estimate of drug-likeness (QED) is 0.144. The normalized spacial score (nSPS) is 23.8. The number of unbranched alkanes of at least 4 members (excludes halogenated alkanes) is 12. The molecule has 0 aromatic carbocycles. The topological polar surface area (TPSA) is 71.1 Å². The van der Waals surface area contributed by atoms with Gasteiger partial charge >= 0.3 is 13.8 Å². The fraction of sp³-hybridized carbons (Fsp3) is 0.870. The first-order chi connectivity index (χ1) is 14.6. The fourth-order valence-corrected chi connectivity index (χ4v) is 5.38. The van der Waals surface area contributed by atoms with Crippen LogP contribution in [0.15, 0.2) is 11.3 Å². The molecule has 2 atom stereocenters. The van der Waals surface area contributed by atoms with Crippen molar-refractivity contribution in [3.05, 3.63) is 11.3 Å². The minimum atomic E-state index is -3.66. The van der Waals surface area contributed by atoms with Gasteiger partial charge in [0.25, 0.3) is 0 Å². The Labute approximate surface area is 182 Å². The van der Waals surface area contributed by atoms with Gasteiger partial charge in [0.1, 0.15) is 12.4 Å². The van der Waals surface area contributed by atoms with Crippen molar-refractivity contribution in [3.63, 3.8) is 0 Å². The smallest absolute Gasteiger partial charge is 0.461 e. The Morgan fingerprint density at radius 3 is 2.00 bits per heavy atom. The van der Waals surface area contributed by atoms with E-state index < -0.39 is 13.8 Å². The SMILES string of the molecule is CCCCCCCCCCCCCCCOP1(=O)OCC2COC(=O)C2=C(CC)O1. The third-order valence-corrected chi connectivity index (χ3v) is 7.23. The number of cyclic esters (lactones) is 1. The second-order valence-electron chi connectivity index (χ2n) is 8.40. The van der Waals surface area contributed by atoms with E-state index in [-0.39, 0.29) is 19.1 Å². The maximum absolute atomic E-state index is 12.8. The lowest BCUT2D eigenvalue weighted by atomic mass is 10.0. The highest BCUT2D eigenvalue weighted by molar-refractivity contribution is 7.48. The summed E-state index contributed by atoms with van der Waals surface area (Å²) in [5.41, 5.74) is 0.458. The molecule has 2 aliphatic heterocycles. The Hall–Kier alpha value is -0.840. The Balaban J connectivity index is 1.52. The van der Waals surface area contributed by atoms with Crippen molar-refractivity contribution in [3.8, 4) is 0 Å². The highest BCUT2D eigenvalue weighted by atomic mass is 31.2. The predicted molar refractivity (Wildman–Crippen MR) is 118 cm³/mol. The summed E-state index contributed by atoms with van der Waals surface area (Å²) in [6.45, 7) is 4.83. The Morgan fingerprint density at radius 2 is 1.43 bits per heavy atom. The molecule has 1 saturated heterocycles. The zero-order valence-electron chi connectivity index (χ0n) is 19.0. The molecular weight excluding hydrogens is 403 g/mol. The van der Waals surface area contributed by atoms with Crippen LogP contribution >= 0.6 is 7.82 Å². The zero-order valence-corrected chi connectivity index (χ0v) is 19.9. The standard InChI is InChI=1S/C23H41O6P/c1-3-5-6-7-8-9-10-11-12-13-14-15-16-17-27-30(25)28-19-20-18-26-23(24)22(20)21(4-2)29-30/h20H,3-19H2,1-2H3. The summed E-state index contributed by atoms with van der Waals surface area (Å²) in [6, 6.07) is 0. The van der Waals surface area contributed by atoms with E-state index in [1.807, 2.05) is 6.92 Å². The van der Waals surface area contributed by atoms with Gasteiger partial charge in [0.15, 0.2) is 0 Å². The van der Waals surface area contributed by atoms with Gasteiger partial charge in [-0.25, -0.2) is 9.36 Å². The molecule has 2 aliphatic rings. The number of ether oxygens (including phenoxy) is 1. The van der Waals surface area contributed by atoms with E-state index in [0.29, 0.717) is 24.4 Å². The summed E-state index contributed by atoms with van der Waals surface area (Å²) in [7, 11) is -3.66. The largest absolute Gasteiger partial charge is 0.529 e. The van der Waals surface area contributed by atoms with E-state index in [9.17, 15) is 9.36 Å². The van der Waals surface area contributed by atoms with Gasteiger partial charge in [-0.15, -0.1) is 0 Å². The van der Waals surface area contributed by atoms with Crippen molar-refractivity contribution in [1.82, 2.24) is 0 Å². The number of carbonyl (C=O) groups excluding carboxylic acids is 1. The van der Waals surface area contributed by atoms with Crippen LogP contribution in [0.3, 0.4) is 0 Å². The van der Waals surface area contributed by atoms with Gasteiger partial charge in [-0.05, 0) is 6.42 Å². The highest BCUT2D eigenvalue weighted by Crippen LogP contribution is 2.55. The number of allylic oxidation sites excluding steroid dienone is 1. The molecule has 0 aliphatic carbocycles. The van der Waals surface area contributed by atoms with E-state index in [1.54, 1.807) is 0 Å². The highest BCUT2D eigenvalue weighted by Gasteiger charge is 2.42. The maximum Gasteiger partial charge on any atom is 0.529 e. The molecule has 2 rings (SSSR count). The first kappa shape index (κ1) is 25.4. The fourth-order valence-electron chi connectivity index (χ4n) is 3.98. The minimum absolute atomic E-state index is 0.125. The number of carbonyl (C=O) groups is 1. The Bertz CT molecular complexity index is 588. The molecule has 0 saturated carbocycles. The molecule has 0 bridgehead atoms. The van der Waals surface area contributed by atoms with E-state index in [0.717, 1.165) is 12.8 Å². The van der Waals surface area contributed by atoms with Crippen molar-refractivity contribution >= 4 is 13.8 Å². The Kier molecular flexibility index (Phi) is 12.1. The average molecular weight is 445 g/mol. The number of hydrogen-bond donors (Lipinski definition) is 0. The molecule has 1 fully saturated rings. The summed E-state index contributed by atoms with van der Waals surface area (Å²) in [5, 5.41) is 0. The van der Waals surface area contributed by atoms with Crippen LogP contribution in [0.1, 0.15) is 104 Å². The van der Waals surface area contributed by atoms with Gasteiger partial charge in [0.05, 0.1) is 24.7 Å². The predicted octanol–water partition coefficient (Wildman–Crippen LogP) is 7.09. The second kappa shape index (κ2) is 14.3. The van der Waals surface area contributed by atoms with Crippen molar-refractivity contribution < 1.29 is 27.7 Å². The lowest BCUT2D eigenvalue weighted by Crippen LogP contribution is -2.10. The molecule has 30 heavy (non-hydrogen) atoms. The molecule has 2 unspecified atom stereocenters. The molecule has 0 aromatic heterocycles. The van der Waals surface area contributed by atoms with Crippen LogP contribution in [-0.2, 0) is 27.7 Å². The van der Waals surface area contributed by atoms with Crippen LogP contribution < -0.4 is 0 Å². The van der Waals surface area contributed by atoms with Crippen molar-refractivity contribution in [2.24, 2.45) is 5.92 Å². The monoisotopic (exact) mass is 444 g/mol. The summed E-state index contributed by atoms with van der Waals surface area (Å²) in [5.74, 6) is -0.234. The molecule has 6 nitrogen and oxygen atoms in total. The van der Waals surface area contributed by atoms with Crippen molar-refractivity contribution in [2.45, 2.75) is 104 Å². The molecule has 174 valence electrons. The number of esters is 1. The Morgan fingerprint density at radius 1 is 0.867 bits per heavy atom. The maximum atomic E-state index is 12.8. The third kappa shape index (κ3) is 8.72. The van der Waals surface area contributed by atoms with Crippen molar-refractivity contribution in [2.75, 3.05) is 19.8 Å². The average Bonchev–Trinajstić information content (AvgIpc) is 3.04. The number of phosphoric acid groups is 1. The molecule has 7 heteroatoms. The van der Waals surface area contributed by atoms with E-state index in [1.165, 1.54) is 70.6 Å². The molecule has 0 spiro atoms. The van der Waals surface area contributed by atoms with Gasteiger partial charge in [-0.1, -0.05) is 90.9 Å². The minimum Gasteiger partial charge on any atom is -0.461 e. The first-order valence-corrected chi connectivity index (χ1v) is 13.5.